The highest BCUT2D eigenvalue weighted by Crippen LogP contribution is 2.23. The van der Waals surface area contributed by atoms with Gasteiger partial charge in [-0.25, -0.2) is 0 Å². The molecule has 0 aliphatic carbocycles. The first kappa shape index (κ1) is 8.99. The first-order valence-electron chi connectivity index (χ1n) is 4.59. The van der Waals surface area contributed by atoms with Gasteiger partial charge in [0.1, 0.15) is 5.75 Å². The lowest BCUT2D eigenvalue weighted by Crippen LogP contribution is -2.00. The number of hydrogen-bond acceptors (Lipinski definition) is 3. The summed E-state index contributed by atoms with van der Waals surface area (Å²) in [5.74, 6) is 0.0487. The van der Waals surface area contributed by atoms with Gasteiger partial charge in [0, 0.05) is 18.5 Å². The topological polar surface area (TPSA) is 59.4 Å². The van der Waals surface area contributed by atoms with Gasteiger partial charge in [0.15, 0.2) is 0 Å². The molecule has 0 saturated carbocycles. The van der Waals surface area contributed by atoms with E-state index in [1.807, 2.05) is 12.1 Å². The Balaban J connectivity index is 2.09. The SMILES string of the molecule is O=C(O)CCc1ccc2c(n1)CCO2. The third-order valence-electron chi connectivity index (χ3n) is 2.18. The summed E-state index contributed by atoms with van der Waals surface area (Å²) in [5.41, 5.74) is 1.78. The first-order valence-corrected chi connectivity index (χ1v) is 4.59. The highest BCUT2D eigenvalue weighted by Gasteiger charge is 2.13. The number of aromatic nitrogens is 1. The predicted octanol–water partition coefficient (Wildman–Crippen LogP) is 1.03. The van der Waals surface area contributed by atoms with Gasteiger partial charge in [-0.1, -0.05) is 0 Å². The first-order chi connectivity index (χ1) is 6.75. The Kier molecular flexibility index (Phi) is 2.35. The lowest BCUT2D eigenvalue weighted by atomic mass is 10.2. The van der Waals surface area contributed by atoms with Gasteiger partial charge in [0.2, 0.25) is 0 Å². The zero-order valence-corrected chi connectivity index (χ0v) is 7.69. The molecule has 1 N–H and O–H groups in total. The molecule has 0 unspecified atom stereocenters. The van der Waals surface area contributed by atoms with Gasteiger partial charge in [-0.05, 0) is 12.1 Å². The highest BCUT2D eigenvalue weighted by atomic mass is 16.5. The fourth-order valence-corrected chi connectivity index (χ4v) is 1.48. The lowest BCUT2D eigenvalue weighted by Gasteiger charge is -2.01. The summed E-state index contributed by atoms with van der Waals surface area (Å²) in [7, 11) is 0. The van der Waals surface area contributed by atoms with Crippen molar-refractivity contribution in [3.8, 4) is 5.75 Å². The number of rotatable bonds is 3. The molecule has 0 radical (unpaired) electrons. The molecule has 74 valence electrons. The Morgan fingerprint density at radius 1 is 1.57 bits per heavy atom. The molecule has 1 aromatic rings. The monoisotopic (exact) mass is 193 g/mol. The molecule has 0 bridgehead atoms. The van der Waals surface area contributed by atoms with Gasteiger partial charge in [0.05, 0.1) is 18.7 Å². The Hall–Kier alpha value is -1.58. The smallest absolute Gasteiger partial charge is 0.303 e. The molecule has 0 aromatic carbocycles. The van der Waals surface area contributed by atoms with Crippen LogP contribution >= 0.6 is 0 Å². The molecule has 0 fully saturated rings. The van der Waals surface area contributed by atoms with E-state index < -0.39 is 5.97 Å². The minimum atomic E-state index is -0.788. The molecule has 0 atom stereocenters. The third-order valence-corrected chi connectivity index (χ3v) is 2.18. The average molecular weight is 193 g/mol. The second-order valence-corrected chi connectivity index (χ2v) is 3.24. The molecule has 4 nitrogen and oxygen atoms in total. The van der Waals surface area contributed by atoms with Crippen molar-refractivity contribution >= 4 is 5.97 Å². The molecule has 0 spiro atoms. The van der Waals surface area contributed by atoms with Crippen LogP contribution in [0.5, 0.6) is 5.75 Å². The largest absolute Gasteiger partial charge is 0.491 e. The van der Waals surface area contributed by atoms with Crippen molar-refractivity contribution in [2.45, 2.75) is 19.3 Å². The summed E-state index contributed by atoms with van der Waals surface area (Å²) >= 11 is 0. The van der Waals surface area contributed by atoms with Crippen LogP contribution in [0.4, 0.5) is 0 Å². The zero-order chi connectivity index (χ0) is 9.97. The Bertz CT molecular complexity index is 362. The number of carboxylic acid groups (broad SMARTS) is 1. The van der Waals surface area contributed by atoms with Crippen molar-refractivity contribution in [2.24, 2.45) is 0 Å². The van der Waals surface area contributed by atoms with E-state index in [9.17, 15) is 4.79 Å². The molecular weight excluding hydrogens is 182 g/mol. The molecule has 0 saturated heterocycles. The zero-order valence-electron chi connectivity index (χ0n) is 7.69. The second kappa shape index (κ2) is 3.65. The number of ether oxygens (including phenoxy) is 1. The van der Waals surface area contributed by atoms with E-state index in [2.05, 4.69) is 4.98 Å². The molecule has 2 heterocycles. The Morgan fingerprint density at radius 2 is 2.43 bits per heavy atom. The van der Waals surface area contributed by atoms with Crippen molar-refractivity contribution in [1.82, 2.24) is 4.98 Å². The molecular formula is C10H11NO3. The highest BCUT2D eigenvalue weighted by molar-refractivity contribution is 5.66. The van der Waals surface area contributed by atoms with Crippen LogP contribution in [0.1, 0.15) is 17.8 Å². The maximum atomic E-state index is 10.4. The van der Waals surface area contributed by atoms with E-state index in [1.54, 1.807) is 0 Å². The number of carboxylic acids is 1. The van der Waals surface area contributed by atoms with Crippen LogP contribution in [0.25, 0.3) is 0 Å². The van der Waals surface area contributed by atoms with Crippen LogP contribution < -0.4 is 4.74 Å². The number of aryl methyl sites for hydroxylation is 1. The third kappa shape index (κ3) is 1.84. The van der Waals surface area contributed by atoms with Crippen molar-refractivity contribution in [1.29, 1.82) is 0 Å². The van der Waals surface area contributed by atoms with E-state index >= 15 is 0 Å². The van der Waals surface area contributed by atoms with E-state index in [0.717, 1.165) is 23.6 Å². The van der Waals surface area contributed by atoms with Crippen LogP contribution in [0, 0.1) is 0 Å². The molecule has 4 heteroatoms. The Labute approximate surface area is 81.5 Å². The lowest BCUT2D eigenvalue weighted by molar-refractivity contribution is -0.136. The van der Waals surface area contributed by atoms with E-state index in [4.69, 9.17) is 9.84 Å². The normalized spacial score (nSPS) is 13.4. The summed E-state index contributed by atoms with van der Waals surface area (Å²) in [6.45, 7) is 0.685. The maximum Gasteiger partial charge on any atom is 0.303 e. The van der Waals surface area contributed by atoms with E-state index in [-0.39, 0.29) is 6.42 Å². The van der Waals surface area contributed by atoms with Gasteiger partial charge in [-0.2, -0.15) is 0 Å². The van der Waals surface area contributed by atoms with Crippen molar-refractivity contribution in [3.63, 3.8) is 0 Å². The summed E-state index contributed by atoms with van der Waals surface area (Å²) in [6, 6.07) is 3.69. The van der Waals surface area contributed by atoms with Crippen molar-refractivity contribution < 1.29 is 14.6 Å². The minimum absolute atomic E-state index is 0.132. The van der Waals surface area contributed by atoms with E-state index in [0.29, 0.717) is 13.0 Å². The van der Waals surface area contributed by atoms with Gasteiger partial charge >= 0.3 is 5.97 Å². The average Bonchev–Trinajstić information content (AvgIpc) is 2.61. The number of fused-ring (bicyclic) bond motifs is 1. The van der Waals surface area contributed by atoms with Crippen LogP contribution in [-0.4, -0.2) is 22.7 Å². The standard InChI is InChI=1S/C10H11NO3/c12-10(13)4-2-7-1-3-9-8(11-7)5-6-14-9/h1,3H,2,4-6H2,(H,12,13). The second-order valence-electron chi connectivity index (χ2n) is 3.24. The summed E-state index contributed by atoms with van der Waals surface area (Å²) < 4.78 is 5.30. The number of hydrogen-bond donors (Lipinski definition) is 1. The summed E-state index contributed by atoms with van der Waals surface area (Å²) in [5, 5.41) is 8.52. The summed E-state index contributed by atoms with van der Waals surface area (Å²) in [6.07, 6.45) is 1.45. The number of carbonyl (C=O) groups is 1. The number of pyridine rings is 1. The fourth-order valence-electron chi connectivity index (χ4n) is 1.48. The molecule has 1 aromatic heterocycles. The van der Waals surface area contributed by atoms with Crippen LogP contribution in [0.2, 0.25) is 0 Å². The van der Waals surface area contributed by atoms with E-state index in [1.165, 1.54) is 0 Å². The minimum Gasteiger partial charge on any atom is -0.491 e. The molecule has 1 aliphatic rings. The van der Waals surface area contributed by atoms with Crippen LogP contribution in [0.3, 0.4) is 0 Å². The summed E-state index contributed by atoms with van der Waals surface area (Å²) in [4.78, 5) is 14.7. The predicted molar refractivity (Wildman–Crippen MR) is 49.4 cm³/mol. The van der Waals surface area contributed by atoms with Gasteiger partial charge in [-0.15, -0.1) is 0 Å². The number of nitrogens with zero attached hydrogens (tertiary/aromatic N) is 1. The fraction of sp³-hybridized carbons (Fsp3) is 0.400. The molecule has 2 rings (SSSR count). The number of aliphatic carboxylic acids is 1. The van der Waals surface area contributed by atoms with Crippen LogP contribution in [0.15, 0.2) is 12.1 Å². The molecule has 14 heavy (non-hydrogen) atoms. The van der Waals surface area contributed by atoms with Gasteiger partial charge in [0.25, 0.3) is 0 Å². The quantitative estimate of drug-likeness (QED) is 0.779. The van der Waals surface area contributed by atoms with Crippen molar-refractivity contribution in [2.75, 3.05) is 6.61 Å². The molecule has 0 amide bonds. The molecule has 1 aliphatic heterocycles. The van der Waals surface area contributed by atoms with Gasteiger partial charge < -0.3 is 9.84 Å². The Morgan fingerprint density at radius 3 is 3.21 bits per heavy atom. The van der Waals surface area contributed by atoms with Gasteiger partial charge in [-0.3, -0.25) is 9.78 Å². The maximum absolute atomic E-state index is 10.4. The van der Waals surface area contributed by atoms with Crippen LogP contribution in [-0.2, 0) is 17.6 Å². The van der Waals surface area contributed by atoms with Crippen molar-refractivity contribution in [3.05, 3.63) is 23.5 Å².